The number of amides is 4. The second-order valence-corrected chi connectivity index (χ2v) is 10.2. The molecule has 2 aliphatic rings. The van der Waals surface area contributed by atoms with Gasteiger partial charge in [0, 0.05) is 25.2 Å². The molecule has 1 aliphatic carbocycles. The highest BCUT2D eigenvalue weighted by atomic mass is 16.6. The average Bonchev–Trinajstić information content (AvgIpc) is 3.01. The third kappa shape index (κ3) is 8.67. The van der Waals surface area contributed by atoms with Crippen LogP contribution in [-0.4, -0.2) is 65.5 Å². The number of nitrogens with zero attached hydrogens (tertiary/aromatic N) is 1. The summed E-state index contributed by atoms with van der Waals surface area (Å²) < 4.78 is 10.6. The Bertz CT molecular complexity index is 618. The maximum atomic E-state index is 12.6. The van der Waals surface area contributed by atoms with Gasteiger partial charge in [0.05, 0.1) is 6.04 Å². The lowest BCUT2D eigenvalue weighted by molar-refractivity contribution is 0.0485. The van der Waals surface area contributed by atoms with Crippen molar-refractivity contribution in [3.63, 3.8) is 0 Å². The molecule has 0 aromatic carbocycles. The molecule has 9 heteroatoms. The lowest BCUT2D eigenvalue weighted by Gasteiger charge is -2.31. The Labute approximate surface area is 179 Å². The molecule has 172 valence electrons. The van der Waals surface area contributed by atoms with Crippen LogP contribution in [0.15, 0.2) is 0 Å². The molecule has 2 fully saturated rings. The van der Waals surface area contributed by atoms with Gasteiger partial charge in [0.1, 0.15) is 11.2 Å². The number of nitrogens with one attached hydrogen (secondary N) is 3. The molecule has 0 aromatic rings. The minimum atomic E-state index is -0.545. The lowest BCUT2D eigenvalue weighted by atomic mass is 9.91. The molecular weight excluding hydrogens is 388 g/mol. The van der Waals surface area contributed by atoms with Crippen LogP contribution in [0.3, 0.4) is 0 Å². The van der Waals surface area contributed by atoms with Crippen molar-refractivity contribution < 1.29 is 23.9 Å². The van der Waals surface area contributed by atoms with Crippen molar-refractivity contribution >= 4 is 18.2 Å². The summed E-state index contributed by atoms with van der Waals surface area (Å²) >= 11 is 0. The van der Waals surface area contributed by atoms with Crippen LogP contribution in [0.1, 0.15) is 73.6 Å². The van der Waals surface area contributed by atoms with Crippen LogP contribution in [-0.2, 0) is 9.47 Å². The van der Waals surface area contributed by atoms with E-state index in [1.165, 1.54) is 0 Å². The van der Waals surface area contributed by atoms with Gasteiger partial charge in [-0.2, -0.15) is 0 Å². The van der Waals surface area contributed by atoms with E-state index in [2.05, 4.69) is 16.0 Å². The molecule has 30 heavy (non-hydrogen) atoms. The molecule has 0 unspecified atom stereocenters. The summed E-state index contributed by atoms with van der Waals surface area (Å²) in [6, 6.07) is -0.0411. The van der Waals surface area contributed by atoms with Crippen molar-refractivity contribution in [3.8, 4) is 0 Å². The van der Waals surface area contributed by atoms with E-state index in [1.807, 2.05) is 41.5 Å². The standard InChI is InChI=1S/C21H38N4O5/c1-20(2,3)29-18(27)23-15-9-7-14(8-10-15)22-17(26)25-12-11-16(13-25)24-19(28)30-21(4,5)6/h14-16H,7-13H2,1-6H3,(H,22,26)(H,23,27)(H,24,28)/t14?,15?,16-/m1/s1. The molecule has 2 rings (SSSR count). The zero-order valence-electron chi connectivity index (χ0n) is 19.2. The van der Waals surface area contributed by atoms with Crippen LogP contribution in [0, 0.1) is 0 Å². The highest BCUT2D eigenvalue weighted by molar-refractivity contribution is 5.75. The maximum Gasteiger partial charge on any atom is 0.407 e. The van der Waals surface area contributed by atoms with Gasteiger partial charge >= 0.3 is 18.2 Å². The second-order valence-electron chi connectivity index (χ2n) is 10.2. The average molecular weight is 427 g/mol. The summed E-state index contributed by atoms with van der Waals surface area (Å²) in [5.41, 5.74) is -1.06. The van der Waals surface area contributed by atoms with Gasteiger partial charge in [-0.25, -0.2) is 14.4 Å². The molecule has 0 aromatic heterocycles. The third-order valence-electron chi connectivity index (χ3n) is 4.97. The Morgan fingerprint density at radius 1 is 0.700 bits per heavy atom. The number of likely N-dealkylation sites (tertiary alicyclic amines) is 1. The van der Waals surface area contributed by atoms with Gasteiger partial charge in [-0.3, -0.25) is 0 Å². The van der Waals surface area contributed by atoms with Gasteiger partial charge in [-0.05, 0) is 73.6 Å². The minimum absolute atomic E-state index is 0.0715. The van der Waals surface area contributed by atoms with Crippen LogP contribution in [0.2, 0.25) is 0 Å². The highest BCUT2D eigenvalue weighted by Crippen LogP contribution is 2.20. The van der Waals surface area contributed by atoms with E-state index >= 15 is 0 Å². The Kier molecular flexibility index (Phi) is 7.82. The van der Waals surface area contributed by atoms with Crippen LogP contribution >= 0.6 is 0 Å². The number of carbonyl (C=O) groups is 3. The van der Waals surface area contributed by atoms with E-state index in [4.69, 9.17) is 9.47 Å². The van der Waals surface area contributed by atoms with Gasteiger partial charge in [0.2, 0.25) is 0 Å². The fourth-order valence-corrected chi connectivity index (χ4v) is 3.66. The summed E-state index contributed by atoms with van der Waals surface area (Å²) in [6.07, 6.45) is 3.07. The number of ether oxygens (including phenoxy) is 2. The van der Waals surface area contributed by atoms with Gasteiger partial charge in [0.25, 0.3) is 0 Å². The van der Waals surface area contributed by atoms with E-state index in [0.29, 0.717) is 19.5 Å². The van der Waals surface area contributed by atoms with Gasteiger partial charge in [-0.1, -0.05) is 0 Å². The molecular formula is C21H38N4O5. The predicted molar refractivity (Wildman–Crippen MR) is 113 cm³/mol. The first kappa shape index (κ1) is 24.1. The van der Waals surface area contributed by atoms with Crippen molar-refractivity contribution in [2.75, 3.05) is 13.1 Å². The van der Waals surface area contributed by atoms with Crippen molar-refractivity contribution in [2.45, 2.75) is 103 Å². The smallest absolute Gasteiger partial charge is 0.407 e. The number of carbonyl (C=O) groups excluding carboxylic acids is 3. The van der Waals surface area contributed by atoms with Crippen molar-refractivity contribution in [1.29, 1.82) is 0 Å². The van der Waals surface area contributed by atoms with E-state index in [1.54, 1.807) is 4.90 Å². The molecule has 4 amide bonds. The summed E-state index contributed by atoms with van der Waals surface area (Å²) in [4.78, 5) is 38.1. The predicted octanol–water partition coefficient (Wildman–Crippen LogP) is 3.13. The second kappa shape index (κ2) is 9.75. The third-order valence-corrected chi connectivity index (χ3v) is 4.97. The summed E-state index contributed by atoms with van der Waals surface area (Å²) in [6.45, 7) is 12.0. The molecule has 1 heterocycles. The van der Waals surface area contributed by atoms with Crippen molar-refractivity contribution in [3.05, 3.63) is 0 Å². The molecule has 1 saturated carbocycles. The SMILES string of the molecule is CC(C)(C)OC(=O)NC1CCC(NC(=O)N2CC[C@@H](NC(=O)OC(C)(C)C)C2)CC1. The van der Waals surface area contributed by atoms with Crippen LogP contribution in [0.4, 0.5) is 14.4 Å². The molecule has 9 nitrogen and oxygen atoms in total. The molecule has 1 atom stereocenters. The first-order chi connectivity index (χ1) is 13.8. The highest BCUT2D eigenvalue weighted by Gasteiger charge is 2.31. The topological polar surface area (TPSA) is 109 Å². The number of hydrogen-bond acceptors (Lipinski definition) is 5. The molecule has 1 aliphatic heterocycles. The Balaban J connectivity index is 1.68. The van der Waals surface area contributed by atoms with Gasteiger partial charge in [-0.15, -0.1) is 0 Å². The van der Waals surface area contributed by atoms with Crippen molar-refractivity contribution in [2.24, 2.45) is 0 Å². The number of urea groups is 1. The molecule has 0 spiro atoms. The first-order valence-electron chi connectivity index (χ1n) is 10.9. The summed E-state index contributed by atoms with van der Waals surface area (Å²) in [5, 5.41) is 8.82. The van der Waals surface area contributed by atoms with Crippen LogP contribution in [0.25, 0.3) is 0 Å². The van der Waals surface area contributed by atoms with E-state index in [-0.39, 0.29) is 24.2 Å². The minimum Gasteiger partial charge on any atom is -0.444 e. The molecule has 1 saturated heterocycles. The summed E-state index contributed by atoms with van der Waals surface area (Å²) in [7, 11) is 0. The lowest BCUT2D eigenvalue weighted by Crippen LogP contribution is -2.49. The Morgan fingerprint density at radius 2 is 1.13 bits per heavy atom. The number of rotatable bonds is 3. The Hall–Kier alpha value is -2.19. The maximum absolute atomic E-state index is 12.6. The largest absolute Gasteiger partial charge is 0.444 e. The number of alkyl carbamates (subject to hydrolysis) is 2. The fourth-order valence-electron chi connectivity index (χ4n) is 3.66. The molecule has 0 bridgehead atoms. The fraction of sp³-hybridized carbons (Fsp3) is 0.857. The molecule has 0 radical (unpaired) electrons. The zero-order chi connectivity index (χ0) is 22.5. The normalized spacial score (nSPS) is 24.7. The van der Waals surface area contributed by atoms with Gasteiger partial charge < -0.3 is 30.3 Å². The zero-order valence-corrected chi connectivity index (χ0v) is 19.2. The van der Waals surface area contributed by atoms with Gasteiger partial charge in [0.15, 0.2) is 0 Å². The number of hydrogen-bond donors (Lipinski definition) is 3. The molecule has 3 N–H and O–H groups in total. The van der Waals surface area contributed by atoms with E-state index in [0.717, 1.165) is 25.7 Å². The quantitative estimate of drug-likeness (QED) is 0.642. The van der Waals surface area contributed by atoms with Crippen LogP contribution in [0.5, 0.6) is 0 Å². The Morgan fingerprint density at radius 3 is 1.60 bits per heavy atom. The first-order valence-corrected chi connectivity index (χ1v) is 10.9. The van der Waals surface area contributed by atoms with Crippen molar-refractivity contribution in [1.82, 2.24) is 20.9 Å². The van der Waals surface area contributed by atoms with E-state index < -0.39 is 23.4 Å². The monoisotopic (exact) mass is 426 g/mol. The summed E-state index contributed by atoms with van der Waals surface area (Å²) in [5.74, 6) is 0. The van der Waals surface area contributed by atoms with Crippen LogP contribution < -0.4 is 16.0 Å². The van der Waals surface area contributed by atoms with E-state index in [9.17, 15) is 14.4 Å².